The Kier molecular flexibility index (Phi) is 7.37. The Bertz CT molecular complexity index is 248. The van der Waals surface area contributed by atoms with Gasteiger partial charge in [0.2, 0.25) is 0 Å². The fraction of sp³-hybridized carbons (Fsp3) is 1.00. The Morgan fingerprint density at radius 3 is 2.25 bits per heavy atom. The maximum Gasteiger partial charge on any atom is 0.0246 e. The molecule has 0 saturated heterocycles. The van der Waals surface area contributed by atoms with Gasteiger partial charge in [0, 0.05) is 18.6 Å². The van der Waals surface area contributed by atoms with Crippen molar-refractivity contribution in [3.63, 3.8) is 0 Å². The molecule has 0 spiro atoms. The molecule has 2 nitrogen and oxygen atoms in total. The molecule has 2 unspecified atom stereocenters. The molecule has 2 fully saturated rings. The van der Waals surface area contributed by atoms with E-state index >= 15 is 0 Å². The monoisotopic (exact) mass is 280 g/mol. The zero-order valence-electron chi connectivity index (χ0n) is 13.9. The topological polar surface area (TPSA) is 15.3 Å². The minimum atomic E-state index is 0.742. The van der Waals surface area contributed by atoms with Gasteiger partial charge in [-0.05, 0) is 51.6 Å². The Morgan fingerprint density at radius 2 is 1.55 bits per heavy atom. The lowest BCUT2D eigenvalue weighted by Crippen LogP contribution is -2.49. The summed E-state index contributed by atoms with van der Waals surface area (Å²) in [6, 6.07) is 1.53. The summed E-state index contributed by atoms with van der Waals surface area (Å²) < 4.78 is 0. The van der Waals surface area contributed by atoms with E-state index in [1.165, 1.54) is 83.7 Å². The van der Waals surface area contributed by atoms with Gasteiger partial charge >= 0.3 is 0 Å². The van der Waals surface area contributed by atoms with Gasteiger partial charge in [0.05, 0.1) is 0 Å². The van der Waals surface area contributed by atoms with Crippen molar-refractivity contribution >= 4 is 0 Å². The molecule has 0 heterocycles. The molecule has 118 valence electrons. The number of nitrogens with zero attached hydrogens (tertiary/aromatic N) is 1. The van der Waals surface area contributed by atoms with Crippen molar-refractivity contribution in [2.75, 3.05) is 20.1 Å². The first-order chi connectivity index (χ1) is 9.81. The van der Waals surface area contributed by atoms with Gasteiger partial charge in [-0.3, -0.25) is 0 Å². The highest BCUT2D eigenvalue weighted by molar-refractivity contribution is 4.86. The third-order valence-electron chi connectivity index (χ3n) is 5.47. The van der Waals surface area contributed by atoms with Crippen molar-refractivity contribution in [2.24, 2.45) is 5.92 Å². The van der Waals surface area contributed by atoms with Gasteiger partial charge in [-0.15, -0.1) is 0 Å². The fourth-order valence-electron chi connectivity index (χ4n) is 4.30. The van der Waals surface area contributed by atoms with E-state index in [0.29, 0.717) is 0 Å². The number of nitrogens with one attached hydrogen (secondary N) is 1. The maximum atomic E-state index is 3.84. The zero-order valence-corrected chi connectivity index (χ0v) is 13.9. The van der Waals surface area contributed by atoms with E-state index in [1.54, 1.807) is 0 Å². The van der Waals surface area contributed by atoms with Gasteiger partial charge < -0.3 is 10.2 Å². The van der Waals surface area contributed by atoms with Crippen molar-refractivity contribution in [1.29, 1.82) is 0 Å². The van der Waals surface area contributed by atoms with E-state index in [9.17, 15) is 0 Å². The summed E-state index contributed by atoms with van der Waals surface area (Å²) in [7, 11) is 2.39. The summed E-state index contributed by atoms with van der Waals surface area (Å²) in [5, 5.41) is 3.84. The molecule has 2 aliphatic carbocycles. The number of hydrogen-bond acceptors (Lipinski definition) is 2. The van der Waals surface area contributed by atoms with Crippen molar-refractivity contribution < 1.29 is 0 Å². The molecule has 0 aromatic carbocycles. The molecule has 2 atom stereocenters. The summed E-state index contributed by atoms with van der Waals surface area (Å²) >= 11 is 0. The van der Waals surface area contributed by atoms with Crippen LogP contribution >= 0.6 is 0 Å². The van der Waals surface area contributed by atoms with E-state index in [1.807, 2.05) is 0 Å². The predicted molar refractivity (Wildman–Crippen MR) is 88.2 cm³/mol. The van der Waals surface area contributed by atoms with Crippen LogP contribution < -0.4 is 5.32 Å². The molecule has 0 bridgehead atoms. The second-order valence-electron chi connectivity index (χ2n) is 7.21. The molecule has 1 N–H and O–H groups in total. The third kappa shape index (κ3) is 5.04. The predicted octanol–water partition coefficient (Wildman–Crippen LogP) is 4.20. The highest BCUT2D eigenvalue weighted by atomic mass is 15.2. The summed E-state index contributed by atoms with van der Waals surface area (Å²) in [6.45, 7) is 4.82. The second kappa shape index (κ2) is 9.04. The zero-order chi connectivity index (χ0) is 14.2. The minimum absolute atomic E-state index is 0.742. The average Bonchev–Trinajstić information content (AvgIpc) is 2.71. The quantitative estimate of drug-likeness (QED) is 0.734. The lowest BCUT2D eigenvalue weighted by atomic mass is 9.88. The minimum Gasteiger partial charge on any atom is -0.312 e. The van der Waals surface area contributed by atoms with Crippen LogP contribution in [-0.2, 0) is 0 Å². The molecule has 0 radical (unpaired) electrons. The molecule has 0 aromatic heterocycles. The molecule has 0 aliphatic heterocycles. The molecule has 20 heavy (non-hydrogen) atoms. The SMILES string of the molecule is CCCNC1CCCCCC1N(C)CC1CCCCC1. The van der Waals surface area contributed by atoms with Gasteiger partial charge in [0.1, 0.15) is 0 Å². The average molecular weight is 280 g/mol. The van der Waals surface area contributed by atoms with Crippen LogP contribution in [0.4, 0.5) is 0 Å². The summed E-state index contributed by atoms with van der Waals surface area (Å²) in [5.74, 6) is 0.976. The molecule has 0 amide bonds. The number of hydrogen-bond donors (Lipinski definition) is 1. The Hall–Kier alpha value is -0.0800. The lowest BCUT2D eigenvalue weighted by molar-refractivity contribution is 0.143. The fourth-order valence-corrected chi connectivity index (χ4v) is 4.30. The van der Waals surface area contributed by atoms with Crippen LogP contribution in [0, 0.1) is 5.92 Å². The summed E-state index contributed by atoms with van der Waals surface area (Å²) in [4.78, 5) is 2.72. The maximum absolute atomic E-state index is 3.84. The lowest BCUT2D eigenvalue weighted by Gasteiger charge is -2.37. The second-order valence-corrected chi connectivity index (χ2v) is 7.21. The van der Waals surface area contributed by atoms with Gasteiger partial charge in [0.15, 0.2) is 0 Å². The van der Waals surface area contributed by atoms with Gasteiger partial charge in [-0.25, -0.2) is 0 Å². The first-order valence-corrected chi connectivity index (χ1v) is 9.25. The van der Waals surface area contributed by atoms with Crippen molar-refractivity contribution in [1.82, 2.24) is 10.2 Å². The van der Waals surface area contributed by atoms with Crippen molar-refractivity contribution in [2.45, 2.75) is 89.6 Å². The largest absolute Gasteiger partial charge is 0.312 e. The normalized spacial score (nSPS) is 29.6. The first-order valence-electron chi connectivity index (χ1n) is 9.25. The molecule has 2 heteroatoms. The van der Waals surface area contributed by atoms with E-state index in [-0.39, 0.29) is 0 Å². The van der Waals surface area contributed by atoms with Crippen LogP contribution in [0.15, 0.2) is 0 Å². The molecule has 2 rings (SSSR count). The van der Waals surface area contributed by atoms with E-state index in [2.05, 4.69) is 24.2 Å². The highest BCUT2D eigenvalue weighted by Crippen LogP contribution is 2.27. The Balaban J connectivity index is 1.86. The van der Waals surface area contributed by atoms with E-state index in [4.69, 9.17) is 0 Å². The molecular formula is C18H36N2. The van der Waals surface area contributed by atoms with Crippen LogP contribution in [0.25, 0.3) is 0 Å². The standard InChI is InChI=1S/C18H36N2/c1-3-14-19-17-12-8-5-9-13-18(17)20(2)15-16-10-6-4-7-11-16/h16-19H,3-15H2,1-2H3. The van der Waals surface area contributed by atoms with Crippen LogP contribution in [0.3, 0.4) is 0 Å². The molecular weight excluding hydrogens is 244 g/mol. The van der Waals surface area contributed by atoms with E-state index in [0.717, 1.165) is 18.0 Å². The van der Waals surface area contributed by atoms with Crippen LogP contribution in [-0.4, -0.2) is 37.1 Å². The van der Waals surface area contributed by atoms with Crippen LogP contribution in [0.5, 0.6) is 0 Å². The Labute approximate surface area is 126 Å². The van der Waals surface area contributed by atoms with Gasteiger partial charge in [-0.2, -0.15) is 0 Å². The Morgan fingerprint density at radius 1 is 0.900 bits per heavy atom. The van der Waals surface area contributed by atoms with Crippen LogP contribution in [0.1, 0.15) is 77.6 Å². The van der Waals surface area contributed by atoms with E-state index < -0.39 is 0 Å². The van der Waals surface area contributed by atoms with Crippen molar-refractivity contribution in [3.05, 3.63) is 0 Å². The van der Waals surface area contributed by atoms with Gasteiger partial charge in [-0.1, -0.05) is 45.4 Å². The number of likely N-dealkylation sites (N-methyl/N-ethyl adjacent to an activating group) is 1. The van der Waals surface area contributed by atoms with Crippen LogP contribution in [0.2, 0.25) is 0 Å². The third-order valence-corrected chi connectivity index (χ3v) is 5.47. The molecule has 0 aromatic rings. The molecule has 2 aliphatic rings. The smallest absolute Gasteiger partial charge is 0.0246 e. The highest BCUT2D eigenvalue weighted by Gasteiger charge is 2.28. The summed E-state index contributed by atoms with van der Waals surface area (Å²) in [5.41, 5.74) is 0. The van der Waals surface area contributed by atoms with Gasteiger partial charge in [0.25, 0.3) is 0 Å². The first kappa shape index (κ1) is 16.3. The molecule has 2 saturated carbocycles. The number of rotatable bonds is 6. The summed E-state index contributed by atoms with van der Waals surface area (Å²) in [6.07, 6.45) is 15.7. The van der Waals surface area contributed by atoms with Crippen molar-refractivity contribution in [3.8, 4) is 0 Å².